The number of methoxy groups -OCH3 is 1. The molecule has 2 rings (SSSR count). The summed E-state index contributed by atoms with van der Waals surface area (Å²) >= 11 is 0. The Morgan fingerprint density at radius 1 is 1.19 bits per heavy atom. The number of hydrogen-bond donors (Lipinski definition) is 2. The standard InChI is InChI=1S/C16H24N2O3/c1-13(12-18-10-8-17(2)9-11-18)21-16(19)14-4-6-15(20-3)7-5-14/h4-7,13H,8-12H2,1-3H3/p+2/t13-/m0/s1. The van der Waals surface area contributed by atoms with E-state index in [0.717, 1.165) is 25.4 Å². The van der Waals surface area contributed by atoms with Gasteiger partial charge in [0.1, 0.15) is 44.6 Å². The van der Waals surface area contributed by atoms with Crippen molar-refractivity contribution in [1.29, 1.82) is 0 Å². The lowest BCUT2D eigenvalue weighted by Gasteiger charge is -2.28. The molecule has 0 unspecified atom stereocenters. The Morgan fingerprint density at radius 3 is 2.38 bits per heavy atom. The summed E-state index contributed by atoms with van der Waals surface area (Å²) in [4.78, 5) is 15.2. The Kier molecular flexibility index (Phi) is 5.59. The average Bonchev–Trinajstić information content (AvgIpc) is 2.49. The summed E-state index contributed by atoms with van der Waals surface area (Å²) in [5.41, 5.74) is 0.570. The van der Waals surface area contributed by atoms with Gasteiger partial charge >= 0.3 is 5.97 Å². The van der Waals surface area contributed by atoms with E-state index in [1.54, 1.807) is 36.3 Å². The summed E-state index contributed by atoms with van der Waals surface area (Å²) in [6, 6.07) is 7.02. The second-order valence-electron chi connectivity index (χ2n) is 5.86. The first-order valence-corrected chi connectivity index (χ1v) is 7.58. The predicted octanol–water partition coefficient (Wildman–Crippen LogP) is -1.35. The molecule has 0 aliphatic carbocycles. The summed E-state index contributed by atoms with van der Waals surface area (Å²) in [6.45, 7) is 7.53. The fraction of sp³-hybridized carbons (Fsp3) is 0.562. The number of carbonyl (C=O) groups is 1. The van der Waals surface area contributed by atoms with Crippen LogP contribution >= 0.6 is 0 Å². The lowest BCUT2D eigenvalue weighted by atomic mass is 10.2. The van der Waals surface area contributed by atoms with E-state index in [9.17, 15) is 4.79 Å². The molecule has 1 heterocycles. The van der Waals surface area contributed by atoms with Crippen LogP contribution in [0, 0.1) is 0 Å². The molecule has 1 aliphatic heterocycles. The van der Waals surface area contributed by atoms with Gasteiger partial charge in [0.25, 0.3) is 0 Å². The van der Waals surface area contributed by atoms with Crippen LogP contribution in [0.4, 0.5) is 0 Å². The van der Waals surface area contributed by atoms with E-state index in [-0.39, 0.29) is 12.1 Å². The third kappa shape index (κ3) is 4.72. The van der Waals surface area contributed by atoms with Crippen LogP contribution in [0.5, 0.6) is 5.75 Å². The highest BCUT2D eigenvalue weighted by atomic mass is 16.5. The average molecular weight is 294 g/mol. The second-order valence-corrected chi connectivity index (χ2v) is 5.86. The van der Waals surface area contributed by atoms with Crippen molar-refractivity contribution in [3.05, 3.63) is 29.8 Å². The summed E-state index contributed by atoms with van der Waals surface area (Å²) < 4.78 is 10.6. The summed E-state index contributed by atoms with van der Waals surface area (Å²) in [5, 5.41) is 0. The van der Waals surface area contributed by atoms with E-state index in [1.165, 1.54) is 18.0 Å². The molecule has 5 heteroatoms. The third-order valence-electron chi connectivity index (χ3n) is 4.02. The minimum absolute atomic E-state index is 0.0620. The monoisotopic (exact) mass is 294 g/mol. The molecular formula is C16H26N2O3+2. The van der Waals surface area contributed by atoms with Crippen LogP contribution in [0.1, 0.15) is 17.3 Å². The Labute approximate surface area is 126 Å². The van der Waals surface area contributed by atoms with E-state index in [0.29, 0.717) is 5.56 Å². The fourth-order valence-electron chi connectivity index (χ4n) is 2.66. The molecular weight excluding hydrogens is 268 g/mol. The maximum absolute atomic E-state index is 12.1. The third-order valence-corrected chi connectivity index (χ3v) is 4.02. The number of likely N-dealkylation sites (N-methyl/N-ethyl adjacent to an activating group) is 1. The molecule has 21 heavy (non-hydrogen) atoms. The van der Waals surface area contributed by atoms with Crippen molar-refractivity contribution in [2.24, 2.45) is 0 Å². The van der Waals surface area contributed by atoms with Crippen molar-refractivity contribution in [3.8, 4) is 5.75 Å². The fourth-order valence-corrected chi connectivity index (χ4v) is 2.66. The van der Waals surface area contributed by atoms with E-state index in [2.05, 4.69) is 7.05 Å². The van der Waals surface area contributed by atoms with Crippen LogP contribution in [0.3, 0.4) is 0 Å². The van der Waals surface area contributed by atoms with Crippen LogP contribution in [-0.2, 0) is 4.74 Å². The highest BCUT2D eigenvalue weighted by Crippen LogP contribution is 2.12. The first-order valence-electron chi connectivity index (χ1n) is 7.58. The molecule has 1 aliphatic rings. The largest absolute Gasteiger partial charge is 0.497 e. The zero-order valence-corrected chi connectivity index (χ0v) is 13.1. The number of nitrogens with one attached hydrogen (secondary N) is 2. The number of benzene rings is 1. The van der Waals surface area contributed by atoms with Gasteiger partial charge < -0.3 is 19.3 Å². The number of piperazine rings is 1. The topological polar surface area (TPSA) is 44.4 Å². The van der Waals surface area contributed by atoms with Crippen molar-refractivity contribution in [1.82, 2.24) is 0 Å². The molecule has 0 radical (unpaired) electrons. The van der Waals surface area contributed by atoms with Gasteiger partial charge in [0, 0.05) is 0 Å². The number of rotatable bonds is 5. The first-order chi connectivity index (χ1) is 10.1. The first kappa shape index (κ1) is 15.8. The molecule has 1 aromatic carbocycles. The molecule has 1 atom stereocenters. The molecule has 2 N–H and O–H groups in total. The summed E-state index contributed by atoms with van der Waals surface area (Å²) in [5.74, 6) is 0.480. The highest BCUT2D eigenvalue weighted by Gasteiger charge is 2.23. The second kappa shape index (κ2) is 7.43. The van der Waals surface area contributed by atoms with E-state index < -0.39 is 0 Å². The van der Waals surface area contributed by atoms with Crippen LogP contribution in [0.15, 0.2) is 24.3 Å². The maximum atomic E-state index is 12.1. The van der Waals surface area contributed by atoms with Gasteiger partial charge in [-0.15, -0.1) is 0 Å². The van der Waals surface area contributed by atoms with Gasteiger partial charge in [0.2, 0.25) is 0 Å². The Balaban J connectivity index is 1.81. The highest BCUT2D eigenvalue weighted by molar-refractivity contribution is 5.89. The Bertz CT molecular complexity index is 453. The maximum Gasteiger partial charge on any atom is 0.338 e. The number of ether oxygens (including phenoxy) is 2. The molecule has 1 aromatic rings. The molecule has 0 aromatic heterocycles. The molecule has 0 saturated carbocycles. The smallest absolute Gasteiger partial charge is 0.338 e. The van der Waals surface area contributed by atoms with Gasteiger partial charge in [0.15, 0.2) is 0 Å². The van der Waals surface area contributed by atoms with Crippen LogP contribution < -0.4 is 14.5 Å². The van der Waals surface area contributed by atoms with Crippen LogP contribution in [0.25, 0.3) is 0 Å². The quantitative estimate of drug-likeness (QED) is 0.660. The van der Waals surface area contributed by atoms with Gasteiger partial charge in [0.05, 0.1) is 19.7 Å². The predicted molar refractivity (Wildman–Crippen MR) is 80.1 cm³/mol. The Hall–Kier alpha value is -1.59. The molecule has 0 amide bonds. The summed E-state index contributed by atoms with van der Waals surface area (Å²) in [6.07, 6.45) is -0.0620. The minimum Gasteiger partial charge on any atom is -0.497 e. The van der Waals surface area contributed by atoms with E-state index in [4.69, 9.17) is 9.47 Å². The number of hydrogen-bond acceptors (Lipinski definition) is 3. The molecule has 0 bridgehead atoms. The van der Waals surface area contributed by atoms with Gasteiger partial charge in [-0.05, 0) is 31.2 Å². The minimum atomic E-state index is -0.260. The van der Waals surface area contributed by atoms with Crippen molar-refractivity contribution >= 4 is 5.97 Å². The van der Waals surface area contributed by atoms with Gasteiger partial charge in [-0.3, -0.25) is 0 Å². The van der Waals surface area contributed by atoms with Gasteiger partial charge in [-0.2, -0.15) is 0 Å². The SMILES string of the molecule is COc1ccc(C(=O)O[C@@H](C)C[NH+]2CC[NH+](C)CC2)cc1. The Morgan fingerprint density at radius 2 is 1.81 bits per heavy atom. The normalized spacial score (nSPS) is 23.4. The lowest BCUT2D eigenvalue weighted by molar-refractivity contribution is -1.00. The van der Waals surface area contributed by atoms with Gasteiger partial charge in [-0.1, -0.05) is 0 Å². The number of carbonyl (C=O) groups excluding carboxylic acids is 1. The van der Waals surface area contributed by atoms with Crippen molar-refractivity contribution < 1.29 is 24.1 Å². The number of esters is 1. The van der Waals surface area contributed by atoms with E-state index in [1.807, 2.05) is 6.92 Å². The molecule has 5 nitrogen and oxygen atoms in total. The zero-order valence-electron chi connectivity index (χ0n) is 13.1. The van der Waals surface area contributed by atoms with Crippen LogP contribution in [-0.4, -0.2) is 59.0 Å². The molecule has 1 saturated heterocycles. The lowest BCUT2D eigenvalue weighted by Crippen LogP contribution is -3.27. The summed E-state index contributed by atoms with van der Waals surface area (Å²) in [7, 11) is 3.83. The van der Waals surface area contributed by atoms with E-state index >= 15 is 0 Å². The number of quaternary nitrogens is 2. The molecule has 0 spiro atoms. The van der Waals surface area contributed by atoms with Crippen molar-refractivity contribution in [2.75, 3.05) is 46.9 Å². The molecule has 116 valence electrons. The molecule has 1 fully saturated rings. The van der Waals surface area contributed by atoms with Crippen LogP contribution in [0.2, 0.25) is 0 Å². The van der Waals surface area contributed by atoms with Crippen molar-refractivity contribution in [2.45, 2.75) is 13.0 Å². The van der Waals surface area contributed by atoms with Crippen molar-refractivity contribution in [3.63, 3.8) is 0 Å². The zero-order chi connectivity index (χ0) is 15.2. The van der Waals surface area contributed by atoms with Gasteiger partial charge in [-0.25, -0.2) is 4.79 Å².